The van der Waals surface area contributed by atoms with Crippen molar-refractivity contribution >= 4 is 11.0 Å². The summed E-state index contributed by atoms with van der Waals surface area (Å²) in [7, 11) is 0. The minimum atomic E-state index is -0.356. The molecule has 0 saturated carbocycles. The maximum absolute atomic E-state index is 11.4. The Labute approximate surface area is 117 Å². The van der Waals surface area contributed by atoms with Gasteiger partial charge in [-0.15, -0.1) is 0 Å². The molecule has 102 valence electrons. The highest BCUT2D eigenvalue weighted by atomic mass is 16.5. The largest absolute Gasteiger partial charge is 0.489 e. The number of benzene rings is 1. The molecule has 2 aromatic rings. The molecule has 1 heterocycles. The molecule has 0 aliphatic carbocycles. The first-order valence-corrected chi connectivity index (χ1v) is 6.25. The lowest BCUT2D eigenvalue weighted by atomic mass is 10.1. The Hall–Kier alpha value is -2.55. The summed E-state index contributed by atoms with van der Waals surface area (Å²) in [6.45, 7) is 9.61. The molecular weight excluding hydrogens is 252 g/mol. The molecule has 0 atom stereocenters. The summed E-state index contributed by atoms with van der Waals surface area (Å²) in [4.78, 5) is 11.4. The predicted molar refractivity (Wildman–Crippen MR) is 81.2 cm³/mol. The Kier molecular flexibility index (Phi) is 4.20. The average molecular weight is 268 g/mol. The first kappa shape index (κ1) is 13.9. The third-order valence-electron chi connectivity index (χ3n) is 2.92. The monoisotopic (exact) mass is 268 g/mol. The van der Waals surface area contributed by atoms with E-state index in [9.17, 15) is 4.79 Å². The van der Waals surface area contributed by atoms with Gasteiger partial charge in [0.25, 0.3) is 0 Å². The van der Waals surface area contributed by atoms with Gasteiger partial charge in [0, 0.05) is 17.5 Å². The molecule has 2 rings (SSSR count). The zero-order valence-corrected chi connectivity index (χ0v) is 11.4. The Morgan fingerprint density at radius 2 is 2.15 bits per heavy atom. The average Bonchev–Trinajstić information content (AvgIpc) is 2.42. The maximum atomic E-state index is 11.4. The topological polar surface area (TPSA) is 39.4 Å². The van der Waals surface area contributed by atoms with Gasteiger partial charge < -0.3 is 9.15 Å². The Balaban J connectivity index is 2.28. The van der Waals surface area contributed by atoms with Crippen LogP contribution in [0.1, 0.15) is 5.56 Å². The molecule has 0 aliphatic heterocycles. The van der Waals surface area contributed by atoms with Crippen LogP contribution in [0.5, 0.6) is 5.75 Å². The summed E-state index contributed by atoms with van der Waals surface area (Å²) in [5.74, 6) is 0.642. The highest BCUT2D eigenvalue weighted by molar-refractivity contribution is 5.81. The van der Waals surface area contributed by atoms with Crippen molar-refractivity contribution in [3.05, 3.63) is 77.2 Å². The predicted octanol–water partition coefficient (Wildman–Crippen LogP) is 3.78. The van der Waals surface area contributed by atoms with Crippen molar-refractivity contribution in [2.75, 3.05) is 6.61 Å². The van der Waals surface area contributed by atoms with Crippen LogP contribution >= 0.6 is 0 Å². The molecule has 0 bridgehead atoms. The fourth-order valence-electron chi connectivity index (χ4n) is 1.89. The molecule has 0 N–H and O–H groups in total. The van der Waals surface area contributed by atoms with Gasteiger partial charge in [-0.2, -0.15) is 0 Å². The number of fused-ring (bicyclic) bond motifs is 1. The summed E-state index contributed by atoms with van der Waals surface area (Å²) in [5, 5.41) is 0.905. The van der Waals surface area contributed by atoms with Crippen LogP contribution in [0.2, 0.25) is 0 Å². The van der Waals surface area contributed by atoms with E-state index in [1.165, 1.54) is 6.07 Å². The van der Waals surface area contributed by atoms with Crippen LogP contribution in [-0.4, -0.2) is 6.61 Å². The van der Waals surface area contributed by atoms with E-state index in [0.29, 0.717) is 17.9 Å². The second-order valence-corrected chi connectivity index (χ2v) is 4.38. The number of ether oxygens (including phenoxy) is 1. The Morgan fingerprint density at radius 1 is 1.35 bits per heavy atom. The van der Waals surface area contributed by atoms with Crippen LogP contribution in [0, 0.1) is 6.92 Å². The van der Waals surface area contributed by atoms with Crippen molar-refractivity contribution in [1.29, 1.82) is 0 Å². The van der Waals surface area contributed by atoms with Gasteiger partial charge >= 0.3 is 5.63 Å². The van der Waals surface area contributed by atoms with Gasteiger partial charge in [0.15, 0.2) is 0 Å². The minimum Gasteiger partial charge on any atom is -0.489 e. The number of rotatable bonds is 5. The molecule has 1 aromatic heterocycles. The first-order chi connectivity index (χ1) is 9.63. The Bertz CT molecular complexity index is 735. The molecule has 1 aromatic carbocycles. The molecule has 0 amide bonds. The standard InChI is InChI=1S/C17H16O3/c1-4-6-13(5-2)11-19-14-7-8-15-12(3)9-17(18)20-16(15)10-14/h4-10H,1-2,11H2,3H3/b13-6+. The molecule has 20 heavy (non-hydrogen) atoms. The molecule has 0 spiro atoms. The zero-order valence-electron chi connectivity index (χ0n) is 11.4. The highest BCUT2D eigenvalue weighted by Crippen LogP contribution is 2.22. The second kappa shape index (κ2) is 6.06. The third kappa shape index (κ3) is 3.06. The lowest BCUT2D eigenvalue weighted by molar-refractivity contribution is 0.355. The van der Waals surface area contributed by atoms with E-state index in [1.807, 2.05) is 25.1 Å². The molecule has 0 fully saturated rings. The normalized spacial score (nSPS) is 11.3. The van der Waals surface area contributed by atoms with Crippen LogP contribution < -0.4 is 10.4 Å². The van der Waals surface area contributed by atoms with Crippen molar-refractivity contribution in [1.82, 2.24) is 0 Å². The van der Waals surface area contributed by atoms with Crippen LogP contribution in [0.15, 0.2) is 70.4 Å². The zero-order chi connectivity index (χ0) is 14.5. The van der Waals surface area contributed by atoms with Crippen molar-refractivity contribution in [3.63, 3.8) is 0 Å². The van der Waals surface area contributed by atoms with Gasteiger partial charge in [0.2, 0.25) is 0 Å². The minimum absolute atomic E-state index is 0.356. The summed E-state index contributed by atoms with van der Waals surface area (Å²) >= 11 is 0. The van der Waals surface area contributed by atoms with E-state index in [4.69, 9.17) is 9.15 Å². The fourth-order valence-corrected chi connectivity index (χ4v) is 1.89. The maximum Gasteiger partial charge on any atom is 0.336 e. The van der Waals surface area contributed by atoms with Gasteiger partial charge in [0.1, 0.15) is 17.9 Å². The van der Waals surface area contributed by atoms with Gasteiger partial charge in [0.05, 0.1) is 0 Å². The summed E-state index contributed by atoms with van der Waals surface area (Å²) in [6, 6.07) is 6.93. The molecule has 0 saturated heterocycles. The lowest BCUT2D eigenvalue weighted by Crippen LogP contribution is -2.01. The molecule has 3 nitrogen and oxygen atoms in total. The van der Waals surface area contributed by atoms with E-state index >= 15 is 0 Å². The number of aryl methyl sites for hydroxylation is 1. The van der Waals surface area contributed by atoms with Crippen LogP contribution in [0.4, 0.5) is 0 Å². The second-order valence-electron chi connectivity index (χ2n) is 4.38. The molecular formula is C17H16O3. The van der Waals surface area contributed by atoms with Crippen molar-refractivity contribution in [3.8, 4) is 5.75 Å². The number of hydrogen-bond acceptors (Lipinski definition) is 3. The number of hydrogen-bond donors (Lipinski definition) is 0. The van der Waals surface area contributed by atoms with Gasteiger partial charge in [-0.05, 0) is 30.2 Å². The smallest absolute Gasteiger partial charge is 0.336 e. The van der Waals surface area contributed by atoms with Crippen LogP contribution in [-0.2, 0) is 0 Å². The Morgan fingerprint density at radius 3 is 2.85 bits per heavy atom. The molecule has 0 radical (unpaired) electrons. The van der Waals surface area contributed by atoms with Crippen LogP contribution in [0.3, 0.4) is 0 Å². The summed E-state index contributed by atoms with van der Waals surface area (Å²) in [6.07, 6.45) is 5.23. The molecule has 0 unspecified atom stereocenters. The van der Waals surface area contributed by atoms with Crippen molar-refractivity contribution < 1.29 is 9.15 Å². The summed E-state index contributed by atoms with van der Waals surface area (Å²) < 4.78 is 10.8. The van der Waals surface area contributed by atoms with E-state index < -0.39 is 0 Å². The van der Waals surface area contributed by atoms with E-state index in [0.717, 1.165) is 16.5 Å². The van der Waals surface area contributed by atoms with Crippen LogP contribution in [0.25, 0.3) is 11.0 Å². The molecule has 3 heteroatoms. The summed E-state index contributed by atoms with van der Waals surface area (Å²) in [5.41, 5.74) is 1.98. The third-order valence-corrected chi connectivity index (χ3v) is 2.92. The highest BCUT2D eigenvalue weighted by Gasteiger charge is 2.04. The van der Waals surface area contributed by atoms with E-state index in [-0.39, 0.29) is 5.63 Å². The van der Waals surface area contributed by atoms with E-state index in [2.05, 4.69) is 13.2 Å². The van der Waals surface area contributed by atoms with Gasteiger partial charge in [-0.25, -0.2) is 4.79 Å². The lowest BCUT2D eigenvalue weighted by Gasteiger charge is -2.08. The number of allylic oxidation sites excluding steroid dienone is 2. The van der Waals surface area contributed by atoms with Gasteiger partial charge in [-0.1, -0.05) is 31.4 Å². The molecule has 0 aliphatic rings. The fraction of sp³-hybridized carbons (Fsp3) is 0.118. The van der Waals surface area contributed by atoms with Crippen molar-refractivity contribution in [2.45, 2.75) is 6.92 Å². The van der Waals surface area contributed by atoms with E-state index in [1.54, 1.807) is 18.2 Å². The SMILES string of the molecule is C=C/C=C(\C=C)COc1ccc2c(C)cc(=O)oc2c1. The van der Waals surface area contributed by atoms with Gasteiger partial charge in [-0.3, -0.25) is 0 Å². The van der Waals surface area contributed by atoms with Crippen molar-refractivity contribution in [2.24, 2.45) is 0 Å². The quantitative estimate of drug-likeness (QED) is 0.612. The first-order valence-electron chi connectivity index (χ1n) is 6.25.